The maximum Gasteiger partial charge on any atom is 0.331 e. The van der Waals surface area contributed by atoms with Gasteiger partial charge in [-0.15, -0.1) is 0 Å². The zero-order valence-corrected chi connectivity index (χ0v) is 10.4. The van der Waals surface area contributed by atoms with E-state index in [1.54, 1.807) is 6.08 Å². The van der Waals surface area contributed by atoms with Gasteiger partial charge in [0.05, 0.1) is 6.04 Å². The fourth-order valence-corrected chi connectivity index (χ4v) is 2.13. The topological polar surface area (TPSA) is 66.4 Å². The van der Waals surface area contributed by atoms with Crippen molar-refractivity contribution in [2.75, 3.05) is 5.32 Å². The smallest absolute Gasteiger partial charge is 0.331 e. The van der Waals surface area contributed by atoms with Crippen molar-refractivity contribution in [1.29, 1.82) is 0 Å². The van der Waals surface area contributed by atoms with Crippen LogP contribution in [0.5, 0.6) is 0 Å². The van der Waals surface area contributed by atoms with Gasteiger partial charge in [-0.2, -0.15) is 0 Å². The Morgan fingerprint density at radius 2 is 2.29 bits per heavy atom. The van der Waals surface area contributed by atoms with Gasteiger partial charge in [0, 0.05) is 22.2 Å². The first-order valence-electron chi connectivity index (χ1n) is 5.05. The van der Waals surface area contributed by atoms with Gasteiger partial charge in [0.15, 0.2) is 0 Å². The van der Waals surface area contributed by atoms with Crippen LogP contribution < -0.4 is 5.32 Å². The standard InChI is InChI=1S/C12H10BrNO3/c13-9-1-2-11-7(4-9)3-8(12(16)17)5-10(6-15)14-11/h1-4,6,10,14H,5H2,(H,16,17). The molecule has 0 radical (unpaired) electrons. The van der Waals surface area contributed by atoms with Crippen molar-refractivity contribution < 1.29 is 14.7 Å². The van der Waals surface area contributed by atoms with Crippen LogP contribution in [0.4, 0.5) is 5.69 Å². The van der Waals surface area contributed by atoms with Gasteiger partial charge in [0.1, 0.15) is 6.29 Å². The summed E-state index contributed by atoms with van der Waals surface area (Å²) < 4.78 is 0.864. The second-order valence-electron chi connectivity index (χ2n) is 3.80. The summed E-state index contributed by atoms with van der Waals surface area (Å²) in [7, 11) is 0. The predicted molar refractivity (Wildman–Crippen MR) is 67.8 cm³/mol. The molecule has 0 saturated carbocycles. The van der Waals surface area contributed by atoms with Crippen LogP contribution in [0.25, 0.3) is 6.08 Å². The third-order valence-electron chi connectivity index (χ3n) is 2.56. The van der Waals surface area contributed by atoms with E-state index in [0.29, 0.717) is 0 Å². The number of benzene rings is 1. The van der Waals surface area contributed by atoms with E-state index in [9.17, 15) is 9.59 Å². The number of carbonyl (C=O) groups is 2. The molecular formula is C12H10BrNO3. The summed E-state index contributed by atoms with van der Waals surface area (Å²) in [6.45, 7) is 0. The van der Waals surface area contributed by atoms with Crippen LogP contribution in [-0.2, 0) is 9.59 Å². The highest BCUT2D eigenvalue weighted by molar-refractivity contribution is 9.10. The van der Waals surface area contributed by atoms with E-state index in [1.165, 1.54) is 0 Å². The monoisotopic (exact) mass is 295 g/mol. The Bertz CT molecular complexity index is 510. The SMILES string of the molecule is O=CC1CC(C(=O)O)=Cc2cc(Br)ccc2N1. The van der Waals surface area contributed by atoms with Crippen molar-refractivity contribution in [3.05, 3.63) is 33.8 Å². The number of halogens is 1. The number of hydrogen-bond acceptors (Lipinski definition) is 3. The Morgan fingerprint density at radius 3 is 2.94 bits per heavy atom. The Hall–Kier alpha value is -1.62. The number of carboxylic acids is 1. The number of aliphatic carboxylic acids is 1. The van der Waals surface area contributed by atoms with Gasteiger partial charge < -0.3 is 15.2 Å². The predicted octanol–water partition coefficient (Wildman–Crippen LogP) is 2.30. The molecule has 88 valence electrons. The molecule has 2 rings (SSSR count). The first kappa shape index (κ1) is 11.9. The number of aldehydes is 1. The summed E-state index contributed by atoms with van der Waals surface area (Å²) in [6.07, 6.45) is 2.51. The highest BCUT2D eigenvalue weighted by Gasteiger charge is 2.20. The van der Waals surface area contributed by atoms with Crippen molar-refractivity contribution >= 4 is 39.9 Å². The van der Waals surface area contributed by atoms with E-state index in [0.717, 1.165) is 22.0 Å². The molecule has 5 heteroatoms. The van der Waals surface area contributed by atoms with Gasteiger partial charge in [-0.25, -0.2) is 4.79 Å². The maximum atomic E-state index is 11.0. The third kappa shape index (κ3) is 2.55. The lowest BCUT2D eigenvalue weighted by molar-refractivity contribution is -0.132. The minimum absolute atomic E-state index is 0.186. The molecule has 1 aliphatic heterocycles. The summed E-state index contributed by atoms with van der Waals surface area (Å²) in [5.74, 6) is -0.994. The second kappa shape index (κ2) is 4.71. The summed E-state index contributed by atoms with van der Waals surface area (Å²) in [5.41, 5.74) is 1.76. The third-order valence-corrected chi connectivity index (χ3v) is 3.06. The first-order chi connectivity index (χ1) is 8.10. The van der Waals surface area contributed by atoms with E-state index in [-0.39, 0.29) is 12.0 Å². The Kier molecular flexibility index (Phi) is 3.28. The van der Waals surface area contributed by atoms with Crippen LogP contribution in [-0.4, -0.2) is 23.4 Å². The van der Waals surface area contributed by atoms with Crippen LogP contribution in [0, 0.1) is 0 Å². The van der Waals surface area contributed by atoms with Crippen LogP contribution in [0.1, 0.15) is 12.0 Å². The Morgan fingerprint density at radius 1 is 1.53 bits per heavy atom. The van der Waals surface area contributed by atoms with E-state index in [4.69, 9.17) is 5.11 Å². The van der Waals surface area contributed by atoms with Gasteiger partial charge in [-0.1, -0.05) is 15.9 Å². The van der Waals surface area contributed by atoms with Crippen molar-refractivity contribution in [3.8, 4) is 0 Å². The van der Waals surface area contributed by atoms with Crippen molar-refractivity contribution in [1.82, 2.24) is 0 Å². The van der Waals surface area contributed by atoms with Crippen LogP contribution in [0.3, 0.4) is 0 Å². The summed E-state index contributed by atoms with van der Waals surface area (Å²) >= 11 is 3.33. The second-order valence-corrected chi connectivity index (χ2v) is 4.71. The molecule has 1 aliphatic rings. The molecule has 0 fully saturated rings. The Balaban J connectivity index is 2.51. The largest absolute Gasteiger partial charge is 0.478 e. The molecule has 1 aromatic carbocycles. The maximum absolute atomic E-state index is 11.0. The van der Waals surface area contributed by atoms with E-state index >= 15 is 0 Å². The van der Waals surface area contributed by atoms with E-state index in [2.05, 4.69) is 21.2 Å². The number of rotatable bonds is 2. The first-order valence-corrected chi connectivity index (χ1v) is 5.84. The highest BCUT2D eigenvalue weighted by atomic mass is 79.9. The van der Waals surface area contributed by atoms with Crippen molar-refractivity contribution in [2.45, 2.75) is 12.5 Å². The molecule has 2 N–H and O–H groups in total. The lowest BCUT2D eigenvalue weighted by Gasteiger charge is -2.12. The van der Waals surface area contributed by atoms with Gasteiger partial charge >= 0.3 is 5.97 Å². The van der Waals surface area contributed by atoms with Crippen molar-refractivity contribution in [2.24, 2.45) is 0 Å². The number of carboxylic acid groups (broad SMARTS) is 1. The molecule has 0 aromatic heterocycles. The molecule has 0 saturated heterocycles. The highest BCUT2D eigenvalue weighted by Crippen LogP contribution is 2.28. The fourth-order valence-electron chi connectivity index (χ4n) is 1.75. The number of carbonyl (C=O) groups excluding carboxylic acids is 1. The fraction of sp³-hybridized carbons (Fsp3) is 0.167. The summed E-state index contributed by atoms with van der Waals surface area (Å²) in [6, 6.07) is 4.97. The zero-order chi connectivity index (χ0) is 12.4. The number of hydrogen-bond donors (Lipinski definition) is 2. The van der Waals surface area contributed by atoms with Gasteiger partial charge in [0.25, 0.3) is 0 Å². The molecule has 1 heterocycles. The van der Waals surface area contributed by atoms with Gasteiger partial charge in [-0.3, -0.25) is 0 Å². The molecule has 4 nitrogen and oxygen atoms in total. The molecule has 0 amide bonds. The lowest BCUT2D eigenvalue weighted by Crippen LogP contribution is -2.22. The minimum atomic E-state index is -0.994. The average Bonchev–Trinajstić information content (AvgIpc) is 2.47. The zero-order valence-electron chi connectivity index (χ0n) is 8.81. The number of fused-ring (bicyclic) bond motifs is 1. The van der Waals surface area contributed by atoms with Crippen LogP contribution >= 0.6 is 15.9 Å². The molecule has 0 aliphatic carbocycles. The molecule has 0 bridgehead atoms. The number of anilines is 1. The Labute approximate surface area is 106 Å². The lowest BCUT2D eigenvalue weighted by atomic mass is 10.1. The molecular weight excluding hydrogens is 286 g/mol. The number of nitrogens with one attached hydrogen (secondary N) is 1. The quantitative estimate of drug-likeness (QED) is 0.822. The summed E-state index contributed by atoms with van der Waals surface area (Å²) in [4.78, 5) is 21.9. The van der Waals surface area contributed by atoms with Crippen molar-refractivity contribution in [3.63, 3.8) is 0 Å². The van der Waals surface area contributed by atoms with Gasteiger partial charge in [-0.05, 0) is 29.8 Å². The van der Waals surface area contributed by atoms with E-state index < -0.39 is 12.0 Å². The van der Waals surface area contributed by atoms with E-state index in [1.807, 2.05) is 18.2 Å². The average molecular weight is 296 g/mol. The van der Waals surface area contributed by atoms with Crippen LogP contribution in [0.2, 0.25) is 0 Å². The summed E-state index contributed by atoms with van der Waals surface area (Å²) in [5, 5.41) is 12.1. The molecule has 0 spiro atoms. The molecule has 17 heavy (non-hydrogen) atoms. The van der Waals surface area contributed by atoms with Crippen LogP contribution in [0.15, 0.2) is 28.2 Å². The van der Waals surface area contributed by atoms with Gasteiger partial charge in [0.2, 0.25) is 0 Å². The molecule has 1 unspecified atom stereocenters. The normalized spacial score (nSPS) is 18.4. The molecule has 1 atom stereocenters. The molecule has 1 aromatic rings. The minimum Gasteiger partial charge on any atom is -0.478 e.